The van der Waals surface area contributed by atoms with Crippen LogP contribution in [0.3, 0.4) is 0 Å². The van der Waals surface area contributed by atoms with E-state index in [1.165, 1.54) is 32.4 Å². The van der Waals surface area contributed by atoms with Gasteiger partial charge in [0.05, 0.1) is 0 Å². The lowest BCUT2D eigenvalue weighted by Crippen LogP contribution is -2.48. The zero-order chi connectivity index (χ0) is 11.3. The summed E-state index contributed by atoms with van der Waals surface area (Å²) in [5.74, 6) is 0. The molecule has 1 rings (SSSR count). The number of hydrogen-bond donors (Lipinski definition) is 1. The highest BCUT2D eigenvalue weighted by Gasteiger charge is 2.24. The standard InChI is InChI=1S/C12H27N3/c1-11(6-4-8-13)15-9-5-7-12(10-15)14(2)3/h11-12H,4-10,13H2,1-3H3. The molecule has 3 heteroatoms. The number of nitrogens with zero attached hydrogens (tertiary/aromatic N) is 2. The van der Waals surface area contributed by atoms with E-state index in [-0.39, 0.29) is 0 Å². The summed E-state index contributed by atoms with van der Waals surface area (Å²) in [5.41, 5.74) is 5.56. The summed E-state index contributed by atoms with van der Waals surface area (Å²) in [7, 11) is 4.39. The van der Waals surface area contributed by atoms with Gasteiger partial charge in [-0.1, -0.05) is 0 Å². The summed E-state index contributed by atoms with van der Waals surface area (Å²) in [4.78, 5) is 4.99. The van der Waals surface area contributed by atoms with Gasteiger partial charge in [-0.15, -0.1) is 0 Å². The summed E-state index contributed by atoms with van der Waals surface area (Å²) in [6.07, 6.45) is 5.10. The second-order valence-electron chi connectivity index (χ2n) is 5.03. The van der Waals surface area contributed by atoms with Crippen LogP contribution >= 0.6 is 0 Å². The third-order valence-corrected chi connectivity index (χ3v) is 3.61. The van der Waals surface area contributed by atoms with Crippen molar-refractivity contribution < 1.29 is 0 Å². The second kappa shape index (κ2) is 6.46. The zero-order valence-electron chi connectivity index (χ0n) is 10.6. The Morgan fingerprint density at radius 3 is 2.80 bits per heavy atom. The molecule has 2 unspecified atom stereocenters. The molecule has 0 radical (unpaired) electrons. The molecule has 3 nitrogen and oxygen atoms in total. The lowest BCUT2D eigenvalue weighted by atomic mass is 10.0. The van der Waals surface area contributed by atoms with Gasteiger partial charge < -0.3 is 10.6 Å². The van der Waals surface area contributed by atoms with Gasteiger partial charge in [-0.2, -0.15) is 0 Å². The van der Waals surface area contributed by atoms with Crippen LogP contribution in [-0.2, 0) is 0 Å². The Hall–Kier alpha value is -0.120. The van der Waals surface area contributed by atoms with Crippen LogP contribution in [0.25, 0.3) is 0 Å². The molecule has 2 N–H and O–H groups in total. The topological polar surface area (TPSA) is 32.5 Å². The van der Waals surface area contributed by atoms with Gasteiger partial charge in [-0.25, -0.2) is 0 Å². The average Bonchev–Trinajstić information content (AvgIpc) is 2.26. The van der Waals surface area contributed by atoms with Gasteiger partial charge in [0.1, 0.15) is 0 Å². The molecule has 1 saturated heterocycles. The van der Waals surface area contributed by atoms with E-state index in [0.717, 1.165) is 19.0 Å². The Balaban J connectivity index is 2.34. The molecular formula is C12H27N3. The molecule has 0 aliphatic carbocycles. The Kier molecular flexibility index (Phi) is 5.58. The van der Waals surface area contributed by atoms with Crippen molar-refractivity contribution in [3.63, 3.8) is 0 Å². The predicted molar refractivity (Wildman–Crippen MR) is 66.0 cm³/mol. The highest BCUT2D eigenvalue weighted by atomic mass is 15.2. The van der Waals surface area contributed by atoms with Crippen molar-refractivity contribution in [2.24, 2.45) is 5.73 Å². The van der Waals surface area contributed by atoms with Crippen molar-refractivity contribution in [3.8, 4) is 0 Å². The van der Waals surface area contributed by atoms with E-state index in [0.29, 0.717) is 6.04 Å². The van der Waals surface area contributed by atoms with Crippen molar-refractivity contribution in [1.29, 1.82) is 0 Å². The van der Waals surface area contributed by atoms with Gasteiger partial charge in [0.15, 0.2) is 0 Å². The predicted octanol–water partition coefficient (Wildman–Crippen LogP) is 1.14. The molecule has 1 fully saturated rings. The van der Waals surface area contributed by atoms with E-state index in [9.17, 15) is 0 Å². The molecule has 0 bridgehead atoms. The first-order chi connectivity index (χ1) is 7.15. The van der Waals surface area contributed by atoms with Crippen LogP contribution < -0.4 is 5.73 Å². The van der Waals surface area contributed by atoms with Gasteiger partial charge in [0.25, 0.3) is 0 Å². The van der Waals surface area contributed by atoms with Gasteiger partial charge in [0, 0.05) is 18.6 Å². The van der Waals surface area contributed by atoms with E-state index in [2.05, 4.69) is 30.8 Å². The molecule has 0 aromatic heterocycles. The monoisotopic (exact) mass is 213 g/mol. The third kappa shape index (κ3) is 4.09. The molecule has 0 aromatic carbocycles. The molecule has 1 aliphatic heterocycles. The van der Waals surface area contributed by atoms with Crippen molar-refractivity contribution in [2.45, 2.75) is 44.7 Å². The highest BCUT2D eigenvalue weighted by Crippen LogP contribution is 2.17. The number of likely N-dealkylation sites (tertiary alicyclic amines) is 1. The zero-order valence-corrected chi connectivity index (χ0v) is 10.6. The van der Waals surface area contributed by atoms with Crippen molar-refractivity contribution in [2.75, 3.05) is 33.7 Å². The highest BCUT2D eigenvalue weighted by molar-refractivity contribution is 4.80. The average molecular weight is 213 g/mol. The van der Waals surface area contributed by atoms with E-state index in [1.54, 1.807) is 0 Å². The van der Waals surface area contributed by atoms with E-state index >= 15 is 0 Å². The number of likely N-dealkylation sites (N-methyl/N-ethyl adjacent to an activating group) is 1. The normalized spacial score (nSPS) is 25.8. The fourth-order valence-corrected chi connectivity index (χ4v) is 2.40. The maximum Gasteiger partial charge on any atom is 0.0217 e. The first-order valence-electron chi connectivity index (χ1n) is 6.25. The molecule has 1 heterocycles. The fraction of sp³-hybridized carbons (Fsp3) is 1.00. The molecule has 0 amide bonds. The molecule has 2 atom stereocenters. The Bertz CT molecular complexity index is 170. The minimum atomic E-state index is 0.705. The Labute approximate surface area is 94.6 Å². The maximum atomic E-state index is 5.56. The maximum absolute atomic E-state index is 5.56. The first-order valence-corrected chi connectivity index (χ1v) is 6.25. The molecule has 15 heavy (non-hydrogen) atoms. The lowest BCUT2D eigenvalue weighted by Gasteiger charge is -2.39. The Morgan fingerprint density at radius 2 is 2.20 bits per heavy atom. The molecule has 90 valence electrons. The van der Waals surface area contributed by atoms with Crippen molar-refractivity contribution >= 4 is 0 Å². The van der Waals surface area contributed by atoms with E-state index < -0.39 is 0 Å². The summed E-state index contributed by atoms with van der Waals surface area (Å²) in [5, 5.41) is 0. The van der Waals surface area contributed by atoms with Gasteiger partial charge in [-0.05, 0) is 59.8 Å². The summed E-state index contributed by atoms with van der Waals surface area (Å²) >= 11 is 0. The molecule has 0 aromatic rings. The first kappa shape index (κ1) is 12.9. The molecular weight excluding hydrogens is 186 g/mol. The van der Waals surface area contributed by atoms with Gasteiger partial charge in [-0.3, -0.25) is 4.90 Å². The quantitative estimate of drug-likeness (QED) is 0.743. The number of piperidine rings is 1. The Morgan fingerprint density at radius 1 is 1.47 bits per heavy atom. The van der Waals surface area contributed by atoms with Crippen LogP contribution in [0.5, 0.6) is 0 Å². The minimum Gasteiger partial charge on any atom is -0.330 e. The molecule has 0 spiro atoms. The SMILES string of the molecule is CC(CCCN)N1CCCC(N(C)C)C1. The van der Waals surface area contributed by atoms with Crippen LogP contribution in [0, 0.1) is 0 Å². The lowest BCUT2D eigenvalue weighted by molar-refractivity contribution is 0.0982. The van der Waals surface area contributed by atoms with Crippen LogP contribution in [-0.4, -0.2) is 55.6 Å². The van der Waals surface area contributed by atoms with Crippen LogP contribution in [0.4, 0.5) is 0 Å². The van der Waals surface area contributed by atoms with Gasteiger partial charge in [0.2, 0.25) is 0 Å². The fourth-order valence-electron chi connectivity index (χ4n) is 2.40. The van der Waals surface area contributed by atoms with Crippen molar-refractivity contribution in [1.82, 2.24) is 9.80 Å². The van der Waals surface area contributed by atoms with Crippen molar-refractivity contribution in [3.05, 3.63) is 0 Å². The van der Waals surface area contributed by atoms with Crippen LogP contribution in [0.1, 0.15) is 32.6 Å². The summed E-state index contributed by atoms with van der Waals surface area (Å²) in [6.45, 7) is 5.68. The number of nitrogens with two attached hydrogens (primary N) is 1. The van der Waals surface area contributed by atoms with E-state index in [4.69, 9.17) is 5.73 Å². The molecule has 1 aliphatic rings. The number of rotatable bonds is 5. The number of hydrogen-bond acceptors (Lipinski definition) is 3. The smallest absolute Gasteiger partial charge is 0.0217 e. The summed E-state index contributed by atoms with van der Waals surface area (Å²) < 4.78 is 0. The largest absolute Gasteiger partial charge is 0.330 e. The second-order valence-corrected chi connectivity index (χ2v) is 5.03. The van der Waals surface area contributed by atoms with E-state index in [1.807, 2.05) is 0 Å². The third-order valence-electron chi connectivity index (χ3n) is 3.61. The van der Waals surface area contributed by atoms with Gasteiger partial charge >= 0.3 is 0 Å². The summed E-state index contributed by atoms with van der Waals surface area (Å²) in [6, 6.07) is 1.45. The minimum absolute atomic E-state index is 0.705. The van der Waals surface area contributed by atoms with Crippen LogP contribution in [0.15, 0.2) is 0 Å². The molecule has 0 saturated carbocycles. The van der Waals surface area contributed by atoms with Crippen LogP contribution in [0.2, 0.25) is 0 Å².